The number of aliphatic hydroxyl groups is 1. The Morgan fingerprint density at radius 3 is 2.96 bits per heavy atom. The van der Waals surface area contributed by atoms with Crippen LogP contribution in [0.4, 0.5) is 5.82 Å². The Balaban J connectivity index is 1.61. The third-order valence-electron chi connectivity index (χ3n) is 4.26. The highest BCUT2D eigenvalue weighted by molar-refractivity contribution is 5.75. The molecule has 1 amide bonds. The Morgan fingerprint density at radius 1 is 1.38 bits per heavy atom. The first kappa shape index (κ1) is 16.4. The molecule has 0 spiro atoms. The van der Waals surface area contributed by atoms with E-state index in [0.29, 0.717) is 13.0 Å². The van der Waals surface area contributed by atoms with Gasteiger partial charge in [-0.15, -0.1) is 0 Å². The maximum atomic E-state index is 12.3. The average molecular weight is 330 g/mol. The van der Waals surface area contributed by atoms with Crippen molar-refractivity contribution in [2.45, 2.75) is 25.0 Å². The summed E-state index contributed by atoms with van der Waals surface area (Å²) < 4.78 is 1.72. The van der Waals surface area contributed by atoms with Crippen LogP contribution in [0.15, 0.2) is 37.3 Å². The molecular weight excluding hydrogens is 308 g/mol. The van der Waals surface area contributed by atoms with Gasteiger partial charge < -0.3 is 19.5 Å². The van der Waals surface area contributed by atoms with E-state index in [1.54, 1.807) is 53.8 Å². The van der Waals surface area contributed by atoms with Gasteiger partial charge in [0.1, 0.15) is 12.4 Å². The zero-order valence-electron chi connectivity index (χ0n) is 13.7. The van der Waals surface area contributed by atoms with Gasteiger partial charge in [0.05, 0.1) is 24.7 Å². The minimum atomic E-state index is -0.949. The zero-order chi connectivity index (χ0) is 17.0. The van der Waals surface area contributed by atoms with Gasteiger partial charge in [0, 0.05) is 44.9 Å². The average Bonchev–Trinajstić information content (AvgIpc) is 3.08. The third kappa shape index (κ3) is 3.88. The van der Waals surface area contributed by atoms with Gasteiger partial charge in [-0.3, -0.25) is 9.78 Å². The van der Waals surface area contributed by atoms with Gasteiger partial charge in [0.15, 0.2) is 0 Å². The molecule has 0 radical (unpaired) electrons. The van der Waals surface area contributed by atoms with Crippen molar-refractivity contribution in [3.8, 4) is 0 Å². The highest BCUT2D eigenvalue weighted by Gasteiger charge is 2.35. The largest absolute Gasteiger partial charge is 0.386 e. The number of imidazole rings is 1. The van der Waals surface area contributed by atoms with Crippen LogP contribution in [0.3, 0.4) is 0 Å². The van der Waals surface area contributed by atoms with Crippen molar-refractivity contribution >= 4 is 11.7 Å². The molecule has 0 aliphatic carbocycles. The maximum absolute atomic E-state index is 12.3. The summed E-state index contributed by atoms with van der Waals surface area (Å²) in [6, 6.07) is 0. The minimum Gasteiger partial charge on any atom is -0.386 e. The molecule has 3 heterocycles. The molecule has 2 aromatic heterocycles. The summed E-state index contributed by atoms with van der Waals surface area (Å²) in [5, 5.41) is 10.9. The van der Waals surface area contributed by atoms with E-state index in [9.17, 15) is 9.90 Å². The Kier molecular flexibility index (Phi) is 4.75. The highest BCUT2D eigenvalue weighted by Crippen LogP contribution is 2.25. The third-order valence-corrected chi connectivity index (χ3v) is 4.26. The first-order valence-electron chi connectivity index (χ1n) is 7.99. The molecule has 8 heteroatoms. The van der Waals surface area contributed by atoms with Crippen molar-refractivity contribution in [1.82, 2.24) is 24.4 Å². The Morgan fingerprint density at radius 2 is 2.25 bits per heavy atom. The Labute approximate surface area is 140 Å². The van der Waals surface area contributed by atoms with Crippen molar-refractivity contribution in [1.29, 1.82) is 0 Å². The Hall–Kier alpha value is -2.48. The number of likely N-dealkylation sites (N-methyl/N-ethyl adjacent to an activating group) is 1. The lowest BCUT2D eigenvalue weighted by Crippen LogP contribution is -2.55. The lowest BCUT2D eigenvalue weighted by Gasteiger charge is -2.41. The van der Waals surface area contributed by atoms with Crippen LogP contribution in [-0.2, 0) is 11.3 Å². The molecular formula is C16H22N6O2. The van der Waals surface area contributed by atoms with Crippen LogP contribution >= 0.6 is 0 Å². The van der Waals surface area contributed by atoms with E-state index in [0.717, 1.165) is 18.8 Å². The van der Waals surface area contributed by atoms with Gasteiger partial charge in [0.25, 0.3) is 0 Å². The SMILES string of the molecule is CN(C[C@]1(O)CCCN(c2cnccn2)C1)C(=O)Cn1ccnc1. The molecule has 0 saturated carbocycles. The summed E-state index contributed by atoms with van der Waals surface area (Å²) in [6.45, 7) is 1.78. The van der Waals surface area contributed by atoms with E-state index in [1.807, 2.05) is 4.90 Å². The predicted octanol–water partition coefficient (Wildman–Crippen LogP) is 0.163. The number of piperidine rings is 1. The molecule has 1 atom stereocenters. The van der Waals surface area contributed by atoms with Gasteiger partial charge in [0.2, 0.25) is 5.91 Å². The molecule has 0 aromatic carbocycles. The monoisotopic (exact) mass is 330 g/mol. The molecule has 1 aliphatic heterocycles. The molecule has 0 bridgehead atoms. The van der Waals surface area contributed by atoms with Crippen LogP contribution in [0.1, 0.15) is 12.8 Å². The molecule has 0 unspecified atom stereocenters. The van der Waals surface area contributed by atoms with Crippen LogP contribution in [0.2, 0.25) is 0 Å². The number of amides is 1. The predicted molar refractivity (Wildman–Crippen MR) is 88.3 cm³/mol. The van der Waals surface area contributed by atoms with Gasteiger partial charge in [-0.25, -0.2) is 9.97 Å². The molecule has 128 valence electrons. The smallest absolute Gasteiger partial charge is 0.242 e. The summed E-state index contributed by atoms with van der Waals surface area (Å²) in [6.07, 6.45) is 11.5. The summed E-state index contributed by atoms with van der Waals surface area (Å²) in [5.74, 6) is 0.695. The molecule has 8 nitrogen and oxygen atoms in total. The van der Waals surface area contributed by atoms with Crippen molar-refractivity contribution in [3.63, 3.8) is 0 Å². The number of hydrogen-bond acceptors (Lipinski definition) is 6. The molecule has 1 N–H and O–H groups in total. The van der Waals surface area contributed by atoms with Crippen LogP contribution < -0.4 is 4.90 Å². The summed E-state index contributed by atoms with van der Waals surface area (Å²) in [5.41, 5.74) is -0.949. The molecule has 1 saturated heterocycles. The molecule has 2 aromatic rings. The van der Waals surface area contributed by atoms with Crippen LogP contribution in [-0.4, -0.2) is 67.7 Å². The number of nitrogens with zero attached hydrogens (tertiary/aromatic N) is 6. The number of aromatic nitrogens is 4. The fourth-order valence-corrected chi connectivity index (χ4v) is 3.08. The van der Waals surface area contributed by atoms with Crippen LogP contribution in [0.25, 0.3) is 0 Å². The number of rotatable bonds is 5. The minimum absolute atomic E-state index is 0.0574. The lowest BCUT2D eigenvalue weighted by atomic mass is 9.92. The molecule has 24 heavy (non-hydrogen) atoms. The van der Waals surface area contributed by atoms with E-state index in [4.69, 9.17) is 0 Å². The van der Waals surface area contributed by atoms with Gasteiger partial charge in [-0.2, -0.15) is 0 Å². The number of carbonyl (C=O) groups is 1. The van der Waals surface area contributed by atoms with Crippen molar-refractivity contribution in [2.75, 3.05) is 31.6 Å². The van der Waals surface area contributed by atoms with E-state index < -0.39 is 5.60 Å². The lowest BCUT2D eigenvalue weighted by molar-refractivity contribution is -0.134. The molecule has 3 rings (SSSR count). The van der Waals surface area contributed by atoms with E-state index in [2.05, 4.69) is 15.0 Å². The quantitative estimate of drug-likeness (QED) is 0.840. The summed E-state index contributed by atoms with van der Waals surface area (Å²) in [4.78, 5) is 28.2. The van der Waals surface area contributed by atoms with E-state index in [1.165, 1.54) is 0 Å². The second kappa shape index (κ2) is 6.96. The highest BCUT2D eigenvalue weighted by atomic mass is 16.3. The fraction of sp³-hybridized carbons (Fsp3) is 0.500. The van der Waals surface area contributed by atoms with E-state index >= 15 is 0 Å². The normalized spacial score (nSPS) is 20.8. The summed E-state index contributed by atoms with van der Waals surface area (Å²) in [7, 11) is 1.72. The van der Waals surface area contributed by atoms with Crippen molar-refractivity contribution in [2.24, 2.45) is 0 Å². The first-order valence-corrected chi connectivity index (χ1v) is 7.99. The van der Waals surface area contributed by atoms with Gasteiger partial charge >= 0.3 is 0 Å². The standard InChI is InChI=1S/C16H22N6O2/c1-20(15(23)10-21-8-6-18-13-21)11-16(24)3-2-7-22(12-16)14-9-17-4-5-19-14/h4-6,8-9,13,24H,2-3,7,10-12H2,1H3/t16-/m1/s1. The Bertz CT molecular complexity index is 662. The topological polar surface area (TPSA) is 87.4 Å². The van der Waals surface area contributed by atoms with Crippen molar-refractivity contribution in [3.05, 3.63) is 37.3 Å². The van der Waals surface area contributed by atoms with Crippen LogP contribution in [0.5, 0.6) is 0 Å². The second-order valence-corrected chi connectivity index (χ2v) is 6.30. The zero-order valence-corrected chi connectivity index (χ0v) is 13.7. The van der Waals surface area contributed by atoms with Gasteiger partial charge in [-0.05, 0) is 12.8 Å². The fourth-order valence-electron chi connectivity index (χ4n) is 3.08. The maximum Gasteiger partial charge on any atom is 0.242 e. The summed E-state index contributed by atoms with van der Waals surface area (Å²) >= 11 is 0. The van der Waals surface area contributed by atoms with Crippen LogP contribution in [0, 0.1) is 0 Å². The number of anilines is 1. The number of β-amino-alcohol motifs (C(OH)–C–C–N with tert-alkyl or cyclic N) is 1. The molecule has 1 aliphatic rings. The second-order valence-electron chi connectivity index (χ2n) is 6.30. The van der Waals surface area contributed by atoms with E-state index in [-0.39, 0.29) is 19.0 Å². The first-order chi connectivity index (χ1) is 11.6. The molecule has 1 fully saturated rings. The number of hydrogen-bond donors (Lipinski definition) is 1. The van der Waals surface area contributed by atoms with Gasteiger partial charge in [-0.1, -0.05) is 0 Å². The number of carbonyl (C=O) groups excluding carboxylic acids is 1. The van der Waals surface area contributed by atoms with Crippen molar-refractivity contribution < 1.29 is 9.90 Å².